The van der Waals surface area contributed by atoms with Crippen LogP contribution in [0.25, 0.3) is 32.5 Å². The molecule has 2 fully saturated rings. The Bertz CT molecular complexity index is 3220. The largest absolute Gasteiger partial charge is 0.490 e. The highest BCUT2D eigenvalue weighted by Gasteiger charge is 2.41. The molecule has 79 heavy (non-hydrogen) atoms. The SMILES string of the molecule is CN[C@@H](C)C(=O)N[C@H](C(=O)N1CCC[C@H]1C(=O)Nc1snnc1-c1ccccc1)c1ccc(OCCOc2ccc([C@H](NC(=O)[C@H](C)NC)C(=O)N3CCC[C@H]3C(=O)Nc3sc(-c4nccs4)nc3-c3ccccc3)cc2)cc1. The van der Waals surface area contributed by atoms with Crippen molar-refractivity contribution in [3.63, 3.8) is 0 Å². The van der Waals surface area contributed by atoms with Gasteiger partial charge in [-0.1, -0.05) is 101 Å². The highest BCUT2D eigenvalue weighted by molar-refractivity contribution is 7.23. The molecule has 20 nitrogen and oxygen atoms in total. The number of anilines is 2. The molecule has 23 heteroatoms. The number of rotatable bonds is 22. The first kappa shape index (κ1) is 55.8. The van der Waals surface area contributed by atoms with Gasteiger partial charge in [0.1, 0.15) is 70.3 Å². The lowest BCUT2D eigenvalue weighted by atomic mass is 10.0. The number of amides is 6. The third-order valence-corrected chi connectivity index (χ3v) is 16.3. The van der Waals surface area contributed by atoms with Gasteiger partial charge in [0.15, 0.2) is 10.0 Å². The van der Waals surface area contributed by atoms with Crippen molar-refractivity contribution in [2.75, 3.05) is 51.0 Å². The quantitative estimate of drug-likeness (QED) is 0.0387. The summed E-state index contributed by atoms with van der Waals surface area (Å²) in [5.74, 6) is -1.37. The molecule has 2 aliphatic heterocycles. The van der Waals surface area contributed by atoms with Crippen molar-refractivity contribution in [2.24, 2.45) is 0 Å². The molecule has 6 N–H and O–H groups in total. The molecular weight excluding hydrogens is 1060 g/mol. The first-order valence-electron chi connectivity index (χ1n) is 25.9. The first-order chi connectivity index (χ1) is 38.4. The zero-order valence-corrected chi connectivity index (χ0v) is 46.3. The molecule has 4 aromatic carbocycles. The Morgan fingerprint density at radius 2 is 1.10 bits per heavy atom. The van der Waals surface area contributed by atoms with Gasteiger partial charge in [-0.3, -0.25) is 28.8 Å². The van der Waals surface area contributed by atoms with E-state index in [1.54, 1.807) is 82.7 Å². The fraction of sp³-hybridized carbons (Fsp3) is 0.321. The topological polar surface area (TPSA) is 251 Å². The highest BCUT2D eigenvalue weighted by atomic mass is 32.1. The predicted molar refractivity (Wildman–Crippen MR) is 303 cm³/mol. The minimum Gasteiger partial charge on any atom is -0.490 e. The van der Waals surface area contributed by atoms with Crippen molar-refractivity contribution in [2.45, 2.75) is 75.8 Å². The summed E-state index contributed by atoms with van der Waals surface area (Å²) in [6, 6.07) is 27.6. The van der Waals surface area contributed by atoms with Gasteiger partial charge < -0.3 is 51.2 Å². The van der Waals surface area contributed by atoms with Crippen LogP contribution in [0.4, 0.5) is 10.0 Å². The Morgan fingerprint density at radius 3 is 1.57 bits per heavy atom. The standard InChI is InChI=1S/C56H60N12O8S3/c1-33(57-3)47(69)60-45(55(73)67-28-11-17-41(67)49(71)63-51-43(35-13-7-5-8-14-35)62-54(78-51)53-59-27-32-77-53)37-19-23-39(24-20-37)75-30-31-76-40-25-21-38(22-26-40)46(61-48(70)34(2)58-4)56(74)68-29-12-18-42(68)50(72)64-52-44(65-66-79-52)36-15-9-6-10-16-36/h5-10,13-16,19-27,32-34,41-42,45-46,57-58H,11-12,17-18,28-31H2,1-4H3,(H,60,69)(H,61,70)(H,63,71)(H,64,72)/t33-,34-,41-,42-,45-,46-/m0/s1. The third-order valence-electron chi connectivity index (χ3n) is 13.7. The van der Waals surface area contributed by atoms with Crippen molar-refractivity contribution >= 4 is 79.7 Å². The average molecular weight is 1130 g/mol. The van der Waals surface area contributed by atoms with Crippen LogP contribution >= 0.6 is 34.2 Å². The van der Waals surface area contributed by atoms with E-state index in [0.717, 1.165) is 27.7 Å². The predicted octanol–water partition coefficient (Wildman–Crippen LogP) is 6.70. The van der Waals surface area contributed by atoms with E-state index in [1.807, 2.05) is 66.0 Å². The second-order valence-corrected chi connectivity index (χ2v) is 21.5. The molecule has 0 aliphatic carbocycles. The average Bonchev–Trinajstić information content (AvgIpc) is 4.39. The van der Waals surface area contributed by atoms with Gasteiger partial charge in [0.2, 0.25) is 35.4 Å². The van der Waals surface area contributed by atoms with Gasteiger partial charge in [0.05, 0.1) is 12.1 Å². The fourth-order valence-electron chi connectivity index (χ4n) is 9.21. The number of hydrogen-bond donors (Lipinski definition) is 6. The molecule has 2 aliphatic rings. The van der Waals surface area contributed by atoms with Crippen molar-refractivity contribution in [1.82, 2.24) is 50.6 Å². The Balaban J connectivity index is 0.826. The number of carbonyl (C=O) groups excluding carboxylic acids is 6. The van der Waals surface area contributed by atoms with Crippen LogP contribution in [0.3, 0.4) is 0 Å². The van der Waals surface area contributed by atoms with Crippen LogP contribution in [0.5, 0.6) is 11.5 Å². The van der Waals surface area contributed by atoms with Crippen molar-refractivity contribution in [3.05, 3.63) is 132 Å². The summed E-state index contributed by atoms with van der Waals surface area (Å²) in [7, 11) is 3.31. The summed E-state index contributed by atoms with van der Waals surface area (Å²) in [5, 5.41) is 26.2. The monoisotopic (exact) mass is 1120 g/mol. The Hall–Kier alpha value is -7.96. The van der Waals surface area contributed by atoms with Crippen LogP contribution in [-0.4, -0.2) is 129 Å². The van der Waals surface area contributed by atoms with Crippen molar-refractivity contribution in [1.29, 1.82) is 0 Å². The Morgan fingerprint density at radius 1 is 0.620 bits per heavy atom. The first-order valence-corrected chi connectivity index (χ1v) is 28.3. The third kappa shape index (κ3) is 13.3. The van der Waals surface area contributed by atoms with Crippen molar-refractivity contribution in [3.8, 4) is 44.0 Å². The molecule has 410 valence electrons. The summed E-state index contributed by atoms with van der Waals surface area (Å²) >= 11 is 3.83. The number of carbonyl (C=O) groups is 6. The van der Waals surface area contributed by atoms with E-state index in [0.29, 0.717) is 87.8 Å². The summed E-state index contributed by atoms with van der Waals surface area (Å²) in [6.45, 7) is 4.32. The maximum atomic E-state index is 14.6. The van der Waals surface area contributed by atoms with Gasteiger partial charge in [0, 0.05) is 47.3 Å². The number of hydrogen-bond acceptors (Lipinski definition) is 17. The normalized spacial score (nSPS) is 16.6. The number of nitrogens with one attached hydrogen (secondary N) is 6. The molecule has 0 spiro atoms. The molecule has 0 radical (unpaired) electrons. The molecule has 3 aromatic heterocycles. The summed E-state index contributed by atoms with van der Waals surface area (Å²) in [6.07, 6.45) is 3.77. The van der Waals surface area contributed by atoms with Gasteiger partial charge >= 0.3 is 0 Å². The fourth-order valence-corrected chi connectivity index (χ4v) is 11.5. The molecule has 0 unspecified atom stereocenters. The van der Waals surface area contributed by atoms with Crippen molar-refractivity contribution < 1.29 is 38.2 Å². The number of benzene rings is 4. The number of likely N-dealkylation sites (N-methyl/N-ethyl adjacent to an activating group) is 2. The highest BCUT2D eigenvalue weighted by Crippen LogP contribution is 2.39. The van der Waals surface area contributed by atoms with Gasteiger partial charge in [-0.15, -0.1) is 16.4 Å². The van der Waals surface area contributed by atoms with Crippen LogP contribution in [-0.2, 0) is 28.8 Å². The molecule has 7 aromatic rings. The second kappa shape index (κ2) is 26.1. The zero-order valence-electron chi connectivity index (χ0n) is 43.8. The Kier molecular flexibility index (Phi) is 18.4. The van der Waals surface area contributed by atoms with Gasteiger partial charge in [0.25, 0.3) is 0 Å². The summed E-state index contributed by atoms with van der Waals surface area (Å²) < 4.78 is 16.1. The second-order valence-electron chi connectivity index (χ2n) is 18.8. The number of aromatic nitrogens is 4. The molecular formula is C56H60N12O8S3. The van der Waals surface area contributed by atoms with E-state index in [9.17, 15) is 28.8 Å². The van der Waals surface area contributed by atoms with Crippen LogP contribution in [0.1, 0.15) is 62.7 Å². The van der Waals surface area contributed by atoms with E-state index < -0.39 is 59.9 Å². The number of likely N-dealkylation sites (tertiary alicyclic amines) is 2. The summed E-state index contributed by atoms with van der Waals surface area (Å²) in [5.41, 5.74) is 3.78. The molecule has 6 atom stereocenters. The molecule has 6 amide bonds. The minimum absolute atomic E-state index is 0.142. The van der Waals surface area contributed by atoms with E-state index in [-0.39, 0.29) is 25.0 Å². The van der Waals surface area contributed by atoms with Gasteiger partial charge in [-0.25, -0.2) is 9.97 Å². The van der Waals surface area contributed by atoms with Crippen LogP contribution < -0.4 is 41.4 Å². The van der Waals surface area contributed by atoms with E-state index in [2.05, 4.69) is 46.5 Å². The maximum Gasteiger partial charge on any atom is 0.250 e. The Labute approximate surface area is 468 Å². The lowest BCUT2D eigenvalue weighted by Gasteiger charge is -2.29. The molecule has 2 saturated heterocycles. The number of ether oxygens (including phenoxy) is 2. The molecule has 0 bridgehead atoms. The van der Waals surface area contributed by atoms with E-state index in [1.165, 1.54) is 32.5 Å². The van der Waals surface area contributed by atoms with E-state index >= 15 is 0 Å². The molecule has 9 rings (SSSR count). The minimum atomic E-state index is -1.11. The van der Waals surface area contributed by atoms with Crippen LogP contribution in [0.2, 0.25) is 0 Å². The smallest absolute Gasteiger partial charge is 0.250 e. The lowest BCUT2D eigenvalue weighted by molar-refractivity contribution is -0.140. The summed E-state index contributed by atoms with van der Waals surface area (Å²) in [4.78, 5) is 96.0. The molecule has 5 heterocycles. The lowest BCUT2D eigenvalue weighted by Crippen LogP contribution is -2.51. The number of nitrogens with zero attached hydrogens (tertiary/aromatic N) is 6. The number of thiazole rings is 2. The van der Waals surface area contributed by atoms with Gasteiger partial charge in [-0.2, -0.15) is 0 Å². The maximum absolute atomic E-state index is 14.6. The van der Waals surface area contributed by atoms with Crippen LogP contribution in [0, 0.1) is 0 Å². The molecule has 0 saturated carbocycles. The van der Waals surface area contributed by atoms with Gasteiger partial charge in [-0.05, 0) is 89.0 Å². The van der Waals surface area contributed by atoms with E-state index in [4.69, 9.17) is 14.5 Å². The van der Waals surface area contributed by atoms with Crippen LogP contribution in [0.15, 0.2) is 121 Å². The zero-order chi connectivity index (χ0) is 55.4.